The van der Waals surface area contributed by atoms with Crippen molar-refractivity contribution < 1.29 is 19.1 Å². The number of benzene rings is 2. The van der Waals surface area contributed by atoms with Crippen LogP contribution in [0.2, 0.25) is 0 Å². The lowest BCUT2D eigenvalue weighted by atomic mass is 10.0. The highest BCUT2D eigenvalue weighted by atomic mass is 16.5. The van der Waals surface area contributed by atoms with Gasteiger partial charge in [-0.1, -0.05) is 73.5 Å². The third-order valence-electron chi connectivity index (χ3n) is 4.95. The van der Waals surface area contributed by atoms with E-state index in [-0.39, 0.29) is 6.61 Å². The van der Waals surface area contributed by atoms with Gasteiger partial charge in [-0.3, -0.25) is 9.59 Å². The maximum atomic E-state index is 12.3. The summed E-state index contributed by atoms with van der Waals surface area (Å²) in [6.07, 6.45) is 2.59. The molecular formula is C24H32N4O4. The Hall–Kier alpha value is -3.39. The van der Waals surface area contributed by atoms with Gasteiger partial charge in [-0.25, -0.2) is 4.79 Å². The number of unbranched alkanes of at least 4 members (excludes halogenated alkanes) is 2. The summed E-state index contributed by atoms with van der Waals surface area (Å²) in [6.45, 7) is 0.711. The van der Waals surface area contributed by atoms with Crippen molar-refractivity contribution in [2.24, 2.45) is 11.5 Å². The fraction of sp³-hybridized carbons (Fsp3) is 0.375. The molecule has 0 aliphatic carbocycles. The van der Waals surface area contributed by atoms with E-state index in [2.05, 4.69) is 10.6 Å². The van der Waals surface area contributed by atoms with E-state index in [4.69, 9.17) is 16.2 Å². The number of ether oxygens (including phenoxy) is 1. The lowest BCUT2D eigenvalue weighted by Crippen LogP contribution is -2.51. The Balaban J connectivity index is 1.58. The first-order chi connectivity index (χ1) is 15.5. The molecule has 2 rings (SSSR count). The Kier molecular flexibility index (Phi) is 10.7. The van der Waals surface area contributed by atoms with Crippen molar-refractivity contribution in [2.45, 2.75) is 50.8 Å². The van der Waals surface area contributed by atoms with Gasteiger partial charge in [0.1, 0.15) is 12.6 Å². The van der Waals surface area contributed by atoms with Gasteiger partial charge < -0.3 is 26.8 Å². The quantitative estimate of drug-likeness (QED) is 0.353. The number of nitrogens with one attached hydrogen (secondary N) is 2. The van der Waals surface area contributed by atoms with Crippen molar-refractivity contribution in [3.63, 3.8) is 0 Å². The van der Waals surface area contributed by atoms with E-state index in [0.29, 0.717) is 19.4 Å². The second-order valence-corrected chi connectivity index (χ2v) is 7.60. The predicted octanol–water partition coefficient (Wildman–Crippen LogP) is 2.01. The summed E-state index contributed by atoms with van der Waals surface area (Å²) in [7, 11) is 0. The van der Waals surface area contributed by atoms with Crippen LogP contribution in [-0.4, -0.2) is 36.5 Å². The van der Waals surface area contributed by atoms with Crippen LogP contribution in [-0.2, 0) is 27.4 Å². The molecule has 8 nitrogen and oxygen atoms in total. The largest absolute Gasteiger partial charge is 0.445 e. The molecule has 0 saturated carbocycles. The highest BCUT2D eigenvalue weighted by molar-refractivity contribution is 5.89. The van der Waals surface area contributed by atoms with Crippen LogP contribution in [0.25, 0.3) is 0 Å². The molecule has 0 saturated heterocycles. The number of primary amides is 1. The van der Waals surface area contributed by atoms with Crippen LogP contribution in [0.1, 0.15) is 36.8 Å². The van der Waals surface area contributed by atoms with E-state index in [1.807, 2.05) is 60.7 Å². The standard InChI is InChI=1S/C24H32N4O4/c25-20(23(30)28-21(22(26)29)16-18-10-4-1-5-11-18)14-8-3-9-15-27-24(31)32-17-19-12-6-2-7-13-19/h1-2,4-7,10-13,20-21H,3,8-9,14-17,25H2,(H2,26,29)(H,27,31)(H,28,30)/t20-,21-/m0/s1. The average molecular weight is 441 g/mol. The number of alkyl carbamates (subject to hydrolysis) is 1. The molecule has 0 radical (unpaired) electrons. The third kappa shape index (κ3) is 9.61. The Morgan fingerprint density at radius 3 is 2.12 bits per heavy atom. The van der Waals surface area contributed by atoms with E-state index in [0.717, 1.165) is 30.4 Å². The highest BCUT2D eigenvalue weighted by Gasteiger charge is 2.22. The minimum Gasteiger partial charge on any atom is -0.445 e. The lowest BCUT2D eigenvalue weighted by molar-refractivity contribution is -0.128. The van der Waals surface area contributed by atoms with E-state index in [1.54, 1.807) is 0 Å². The molecule has 8 heteroatoms. The van der Waals surface area contributed by atoms with Crippen molar-refractivity contribution in [3.8, 4) is 0 Å². The maximum absolute atomic E-state index is 12.3. The first-order valence-corrected chi connectivity index (χ1v) is 10.8. The summed E-state index contributed by atoms with van der Waals surface area (Å²) in [6, 6.07) is 17.3. The van der Waals surface area contributed by atoms with Gasteiger partial charge in [-0.15, -0.1) is 0 Å². The SMILES string of the molecule is NC(=O)[C@H](Cc1ccccc1)NC(=O)[C@@H](N)CCCCCNC(=O)OCc1ccccc1. The number of carbonyl (C=O) groups is 3. The molecule has 0 spiro atoms. The first kappa shape index (κ1) is 24.9. The van der Waals surface area contributed by atoms with Crippen LogP contribution in [0.5, 0.6) is 0 Å². The second-order valence-electron chi connectivity index (χ2n) is 7.60. The van der Waals surface area contributed by atoms with Crippen molar-refractivity contribution in [2.75, 3.05) is 6.54 Å². The molecule has 0 aliphatic rings. The van der Waals surface area contributed by atoms with Gasteiger partial charge in [0.05, 0.1) is 6.04 Å². The fourth-order valence-corrected chi connectivity index (χ4v) is 3.11. The average Bonchev–Trinajstić information content (AvgIpc) is 2.80. The van der Waals surface area contributed by atoms with Gasteiger partial charge >= 0.3 is 6.09 Å². The van der Waals surface area contributed by atoms with Crippen LogP contribution < -0.4 is 22.1 Å². The third-order valence-corrected chi connectivity index (χ3v) is 4.95. The van der Waals surface area contributed by atoms with Crippen molar-refractivity contribution in [1.82, 2.24) is 10.6 Å². The zero-order valence-electron chi connectivity index (χ0n) is 18.2. The molecule has 0 unspecified atom stereocenters. The van der Waals surface area contributed by atoms with Crippen LogP contribution in [0, 0.1) is 0 Å². The monoisotopic (exact) mass is 440 g/mol. The van der Waals surface area contributed by atoms with E-state index >= 15 is 0 Å². The second kappa shape index (κ2) is 13.8. The number of carbonyl (C=O) groups excluding carboxylic acids is 3. The van der Waals surface area contributed by atoms with Gasteiger partial charge in [0.15, 0.2) is 0 Å². The Labute approximate surface area is 188 Å². The van der Waals surface area contributed by atoms with E-state index < -0.39 is 30.0 Å². The van der Waals surface area contributed by atoms with E-state index in [9.17, 15) is 14.4 Å². The van der Waals surface area contributed by atoms with Crippen LogP contribution >= 0.6 is 0 Å². The van der Waals surface area contributed by atoms with Gasteiger partial charge in [-0.2, -0.15) is 0 Å². The van der Waals surface area contributed by atoms with Crippen LogP contribution in [0.4, 0.5) is 4.79 Å². The number of hydrogen-bond donors (Lipinski definition) is 4. The molecule has 2 aromatic carbocycles. The zero-order chi connectivity index (χ0) is 23.2. The summed E-state index contributed by atoms with van der Waals surface area (Å²) in [5, 5.41) is 5.35. The van der Waals surface area contributed by atoms with Crippen molar-refractivity contribution in [3.05, 3.63) is 71.8 Å². The Morgan fingerprint density at radius 1 is 0.875 bits per heavy atom. The summed E-state index contributed by atoms with van der Waals surface area (Å²) in [5.41, 5.74) is 13.2. The smallest absolute Gasteiger partial charge is 0.407 e. The molecule has 3 amide bonds. The van der Waals surface area contributed by atoms with Crippen LogP contribution in [0.3, 0.4) is 0 Å². The fourth-order valence-electron chi connectivity index (χ4n) is 3.11. The van der Waals surface area contributed by atoms with E-state index in [1.165, 1.54) is 0 Å². The molecule has 0 heterocycles. The topological polar surface area (TPSA) is 137 Å². The minimum atomic E-state index is -0.804. The van der Waals surface area contributed by atoms with Gasteiger partial charge in [0.2, 0.25) is 11.8 Å². The van der Waals surface area contributed by atoms with Gasteiger partial charge in [0.25, 0.3) is 0 Å². The van der Waals surface area contributed by atoms with Gasteiger partial charge in [-0.05, 0) is 24.0 Å². The summed E-state index contributed by atoms with van der Waals surface area (Å²) < 4.78 is 5.14. The number of nitrogens with two attached hydrogens (primary N) is 2. The molecule has 32 heavy (non-hydrogen) atoms. The minimum absolute atomic E-state index is 0.229. The Morgan fingerprint density at radius 2 is 1.50 bits per heavy atom. The molecule has 2 aromatic rings. The summed E-state index contributed by atoms with van der Waals surface area (Å²) in [5.74, 6) is -0.994. The number of rotatable bonds is 13. The van der Waals surface area contributed by atoms with Crippen LogP contribution in [0.15, 0.2) is 60.7 Å². The molecule has 6 N–H and O–H groups in total. The molecule has 2 atom stereocenters. The molecule has 172 valence electrons. The molecule has 0 aliphatic heterocycles. The number of amides is 3. The predicted molar refractivity (Wildman–Crippen MR) is 122 cm³/mol. The zero-order valence-corrected chi connectivity index (χ0v) is 18.2. The highest BCUT2D eigenvalue weighted by Crippen LogP contribution is 2.06. The first-order valence-electron chi connectivity index (χ1n) is 10.8. The normalized spacial score (nSPS) is 12.4. The van der Waals surface area contributed by atoms with Crippen molar-refractivity contribution >= 4 is 17.9 Å². The molecule has 0 fully saturated rings. The molecular weight excluding hydrogens is 408 g/mol. The van der Waals surface area contributed by atoms with Crippen molar-refractivity contribution in [1.29, 1.82) is 0 Å². The lowest BCUT2D eigenvalue weighted by Gasteiger charge is -2.18. The Bertz CT molecular complexity index is 846. The van der Waals surface area contributed by atoms with Gasteiger partial charge in [0, 0.05) is 13.0 Å². The maximum Gasteiger partial charge on any atom is 0.407 e. The molecule has 0 aromatic heterocycles. The summed E-state index contributed by atoms with van der Waals surface area (Å²) >= 11 is 0. The molecule has 0 bridgehead atoms. The summed E-state index contributed by atoms with van der Waals surface area (Å²) in [4.78, 5) is 35.7. The number of hydrogen-bond acceptors (Lipinski definition) is 5.